The number of carbonyl (C=O) groups is 4. The highest BCUT2D eigenvalue weighted by molar-refractivity contribution is 6.30. The van der Waals surface area contributed by atoms with Gasteiger partial charge in [-0.15, -0.1) is 0 Å². The van der Waals surface area contributed by atoms with E-state index in [1.165, 1.54) is 36.4 Å². The Morgan fingerprint density at radius 3 is 1.38 bits per heavy atom. The van der Waals surface area contributed by atoms with Crippen LogP contribution < -0.4 is 9.47 Å². The Morgan fingerprint density at radius 2 is 0.900 bits per heavy atom. The van der Waals surface area contributed by atoms with Gasteiger partial charge in [-0.3, -0.25) is 19.2 Å². The maximum atomic E-state index is 12.9. The Morgan fingerprint density at radius 1 is 0.475 bits per heavy atom. The molecular weight excluding hydrogens is 516 g/mol. The van der Waals surface area contributed by atoms with Crippen molar-refractivity contribution in [2.75, 3.05) is 20.0 Å². The molecule has 0 amide bonds. The Kier molecular flexibility index (Phi) is 6.13. The Bertz CT molecular complexity index is 1620. The molecule has 0 aromatic heterocycles. The highest BCUT2D eigenvalue weighted by Crippen LogP contribution is 2.40. The summed E-state index contributed by atoms with van der Waals surface area (Å²) in [4.78, 5) is 51.4. The van der Waals surface area contributed by atoms with E-state index in [1.807, 2.05) is 0 Å². The van der Waals surface area contributed by atoms with Crippen molar-refractivity contribution < 1.29 is 43.6 Å². The van der Waals surface area contributed by atoms with Gasteiger partial charge in [0, 0.05) is 33.4 Å². The number of phenolic OH excluding ortho intramolecular Hbond substituents is 2. The smallest absolute Gasteiger partial charge is 0.198 e. The van der Waals surface area contributed by atoms with Crippen molar-refractivity contribution in [3.63, 3.8) is 0 Å². The first kappa shape index (κ1) is 25.0. The van der Waals surface area contributed by atoms with Crippen molar-refractivity contribution in [3.8, 4) is 23.0 Å². The number of benzene rings is 4. The number of ketones is 4. The second-order valence-electron chi connectivity index (χ2n) is 9.10. The molecule has 0 bridgehead atoms. The molecule has 2 aliphatic carbocycles. The fourth-order valence-electron chi connectivity index (χ4n) is 4.91. The zero-order chi connectivity index (χ0) is 28.0. The summed E-state index contributed by atoms with van der Waals surface area (Å²) in [5, 5.41) is 21.4. The molecule has 2 N–H and O–H groups in total. The van der Waals surface area contributed by atoms with E-state index in [0.717, 1.165) is 0 Å². The van der Waals surface area contributed by atoms with E-state index in [0.29, 0.717) is 0 Å². The first-order valence-corrected chi connectivity index (χ1v) is 12.3. The number of rotatable bonds is 7. The second kappa shape index (κ2) is 9.79. The fraction of sp³-hybridized carbons (Fsp3) is 0.0968. The van der Waals surface area contributed by atoms with E-state index in [2.05, 4.69) is 0 Å². The van der Waals surface area contributed by atoms with Gasteiger partial charge in [0.15, 0.2) is 52.9 Å². The van der Waals surface area contributed by atoms with Gasteiger partial charge in [0.05, 0.1) is 17.7 Å². The molecule has 4 aromatic carbocycles. The number of ether oxygens (including phenoxy) is 3. The van der Waals surface area contributed by atoms with Crippen LogP contribution in [0.25, 0.3) is 0 Å². The minimum atomic E-state index is -0.476. The van der Waals surface area contributed by atoms with Crippen LogP contribution in [0.5, 0.6) is 23.0 Å². The molecule has 4 aromatic rings. The van der Waals surface area contributed by atoms with Crippen LogP contribution in [0, 0.1) is 0 Å². The predicted molar refractivity (Wildman–Crippen MR) is 140 cm³/mol. The predicted octanol–water partition coefficient (Wildman–Crippen LogP) is 4.08. The Labute approximate surface area is 227 Å². The minimum absolute atomic E-state index is 0.00271. The molecular formula is C31H20O9. The van der Waals surface area contributed by atoms with Crippen LogP contribution >= 0.6 is 0 Å². The SMILES string of the molecule is O=C1c2ccccc2C(=O)c2c1ccc(OCCOCOc1ccc3c(c1O)C(=O)c1ccccc1C3=O)c2O. The van der Waals surface area contributed by atoms with E-state index >= 15 is 0 Å². The molecule has 6 rings (SSSR count). The van der Waals surface area contributed by atoms with Gasteiger partial charge in [-0.2, -0.15) is 0 Å². The van der Waals surface area contributed by atoms with Crippen molar-refractivity contribution in [2.24, 2.45) is 0 Å². The summed E-state index contributed by atoms with van der Waals surface area (Å²) in [6, 6.07) is 18.5. The molecule has 40 heavy (non-hydrogen) atoms. The van der Waals surface area contributed by atoms with Crippen LogP contribution in [0.1, 0.15) is 63.7 Å². The fourth-order valence-corrected chi connectivity index (χ4v) is 4.91. The Hall–Kier alpha value is -5.28. The first-order chi connectivity index (χ1) is 19.4. The molecule has 0 unspecified atom stereocenters. The highest BCUT2D eigenvalue weighted by atomic mass is 16.7. The summed E-state index contributed by atoms with van der Waals surface area (Å²) in [5.74, 6) is -2.56. The van der Waals surface area contributed by atoms with E-state index < -0.39 is 23.1 Å². The molecule has 0 saturated carbocycles. The van der Waals surface area contributed by atoms with E-state index in [4.69, 9.17) is 14.2 Å². The van der Waals surface area contributed by atoms with Crippen molar-refractivity contribution in [3.05, 3.63) is 117 Å². The lowest BCUT2D eigenvalue weighted by atomic mass is 9.83. The molecule has 0 saturated heterocycles. The molecule has 0 heterocycles. The monoisotopic (exact) mass is 536 g/mol. The molecule has 0 radical (unpaired) electrons. The van der Waals surface area contributed by atoms with Crippen molar-refractivity contribution in [2.45, 2.75) is 0 Å². The number of aromatic hydroxyl groups is 2. The largest absolute Gasteiger partial charge is 0.504 e. The number of phenols is 2. The van der Waals surface area contributed by atoms with E-state index in [-0.39, 0.29) is 87.6 Å². The molecule has 0 spiro atoms. The van der Waals surface area contributed by atoms with Crippen LogP contribution in [0.2, 0.25) is 0 Å². The summed E-state index contributed by atoms with van der Waals surface area (Å²) in [5.41, 5.74) is 0.958. The molecule has 0 aliphatic heterocycles. The standard InChI is InChI=1S/C31H20O9/c32-26-16-5-1-3-7-18(16)28(34)24-20(26)9-11-22(30(24)36)39-14-13-38-15-40-23-12-10-21-25(31(23)37)29(35)19-8-4-2-6-17(19)27(21)33/h1-12,36-37H,13-15H2. The Balaban J connectivity index is 1.07. The van der Waals surface area contributed by atoms with Crippen molar-refractivity contribution in [1.29, 1.82) is 0 Å². The maximum Gasteiger partial charge on any atom is 0.198 e. The third-order valence-electron chi connectivity index (χ3n) is 6.84. The van der Waals surface area contributed by atoms with Gasteiger partial charge in [-0.05, 0) is 24.3 Å². The molecule has 2 aliphatic rings. The average Bonchev–Trinajstić information content (AvgIpc) is 2.97. The van der Waals surface area contributed by atoms with E-state index in [1.54, 1.807) is 36.4 Å². The van der Waals surface area contributed by atoms with Gasteiger partial charge >= 0.3 is 0 Å². The molecule has 9 nitrogen and oxygen atoms in total. The van der Waals surface area contributed by atoms with Crippen LogP contribution in [-0.2, 0) is 4.74 Å². The van der Waals surface area contributed by atoms with Gasteiger partial charge in [-0.25, -0.2) is 0 Å². The second-order valence-corrected chi connectivity index (χ2v) is 9.10. The summed E-state index contributed by atoms with van der Waals surface area (Å²) in [6.45, 7) is -0.342. The lowest BCUT2D eigenvalue weighted by Gasteiger charge is -2.20. The third-order valence-corrected chi connectivity index (χ3v) is 6.84. The summed E-state index contributed by atoms with van der Waals surface area (Å²) in [6.07, 6.45) is 0. The van der Waals surface area contributed by atoms with Crippen molar-refractivity contribution in [1.82, 2.24) is 0 Å². The first-order valence-electron chi connectivity index (χ1n) is 12.3. The van der Waals surface area contributed by atoms with Gasteiger partial charge in [0.25, 0.3) is 0 Å². The average molecular weight is 536 g/mol. The third kappa shape index (κ3) is 3.91. The van der Waals surface area contributed by atoms with Crippen molar-refractivity contribution >= 4 is 23.1 Å². The van der Waals surface area contributed by atoms with Crippen LogP contribution in [0.15, 0.2) is 72.8 Å². The normalized spacial score (nSPS) is 13.3. The summed E-state index contributed by atoms with van der Waals surface area (Å²) < 4.78 is 16.4. The molecule has 9 heteroatoms. The van der Waals surface area contributed by atoms with Gasteiger partial charge in [-0.1, -0.05) is 48.5 Å². The number of carbonyl (C=O) groups excluding carboxylic acids is 4. The number of hydrogen-bond donors (Lipinski definition) is 2. The topological polar surface area (TPSA) is 136 Å². The number of hydrogen-bond acceptors (Lipinski definition) is 9. The zero-order valence-corrected chi connectivity index (χ0v) is 20.8. The molecule has 198 valence electrons. The molecule has 0 fully saturated rings. The lowest BCUT2D eigenvalue weighted by Crippen LogP contribution is -2.21. The van der Waals surface area contributed by atoms with Gasteiger partial charge in [0.1, 0.15) is 6.61 Å². The lowest BCUT2D eigenvalue weighted by molar-refractivity contribution is 0.001000. The zero-order valence-electron chi connectivity index (χ0n) is 20.8. The maximum absolute atomic E-state index is 12.9. The molecule has 0 atom stereocenters. The van der Waals surface area contributed by atoms with Crippen LogP contribution in [0.3, 0.4) is 0 Å². The summed E-state index contributed by atoms with van der Waals surface area (Å²) in [7, 11) is 0. The summed E-state index contributed by atoms with van der Waals surface area (Å²) >= 11 is 0. The van der Waals surface area contributed by atoms with E-state index in [9.17, 15) is 29.4 Å². The van der Waals surface area contributed by atoms with Crippen LogP contribution in [0.4, 0.5) is 0 Å². The highest BCUT2D eigenvalue weighted by Gasteiger charge is 2.34. The van der Waals surface area contributed by atoms with Crippen LogP contribution in [-0.4, -0.2) is 53.4 Å². The minimum Gasteiger partial charge on any atom is -0.504 e. The quantitative estimate of drug-likeness (QED) is 0.228. The van der Waals surface area contributed by atoms with Gasteiger partial charge < -0.3 is 24.4 Å². The number of fused-ring (bicyclic) bond motifs is 4. The van der Waals surface area contributed by atoms with Gasteiger partial charge in [0.2, 0.25) is 0 Å².